The van der Waals surface area contributed by atoms with Crippen LogP contribution in [0.25, 0.3) is 0 Å². The van der Waals surface area contributed by atoms with E-state index >= 15 is 0 Å². The molecule has 23 heavy (non-hydrogen) atoms. The Morgan fingerprint density at radius 1 is 1.35 bits per heavy atom. The van der Waals surface area contributed by atoms with Gasteiger partial charge < -0.3 is 19.1 Å². The summed E-state index contributed by atoms with van der Waals surface area (Å²) in [5.41, 5.74) is -0.340. The highest BCUT2D eigenvalue weighted by molar-refractivity contribution is 5.76. The quantitative estimate of drug-likeness (QED) is 0.854. The van der Waals surface area contributed by atoms with Crippen LogP contribution in [0.15, 0.2) is 30.3 Å². The first-order chi connectivity index (χ1) is 11.1. The first-order valence-electron chi connectivity index (χ1n) is 8.34. The summed E-state index contributed by atoms with van der Waals surface area (Å²) < 4.78 is 17.5. The molecule has 126 valence electrons. The molecule has 3 atom stereocenters. The van der Waals surface area contributed by atoms with Crippen molar-refractivity contribution < 1.29 is 19.0 Å². The minimum atomic E-state index is -0.340. The van der Waals surface area contributed by atoms with E-state index in [1.165, 1.54) is 0 Å². The number of amides is 1. The number of carbonyl (C=O) groups excluding carboxylic acids is 1. The summed E-state index contributed by atoms with van der Waals surface area (Å²) in [6.45, 7) is 6.40. The third-order valence-corrected chi connectivity index (χ3v) is 4.69. The van der Waals surface area contributed by atoms with Gasteiger partial charge in [0, 0.05) is 19.6 Å². The minimum Gasteiger partial charge on any atom is -0.493 e. The topological polar surface area (TPSA) is 48.0 Å². The van der Waals surface area contributed by atoms with Gasteiger partial charge in [-0.05, 0) is 26.0 Å². The lowest BCUT2D eigenvalue weighted by atomic mass is 9.93. The number of rotatable bonds is 4. The van der Waals surface area contributed by atoms with Gasteiger partial charge in [-0.2, -0.15) is 0 Å². The van der Waals surface area contributed by atoms with E-state index in [0.717, 1.165) is 12.2 Å². The van der Waals surface area contributed by atoms with Gasteiger partial charge in [0.1, 0.15) is 11.4 Å². The Hall–Kier alpha value is -1.59. The first-order valence-corrected chi connectivity index (χ1v) is 8.34. The van der Waals surface area contributed by atoms with Crippen molar-refractivity contribution in [3.63, 3.8) is 0 Å². The molecule has 2 fully saturated rings. The Kier molecular flexibility index (Phi) is 4.87. The average Bonchev–Trinajstić information content (AvgIpc) is 2.87. The highest BCUT2D eigenvalue weighted by Gasteiger charge is 2.48. The third-order valence-electron chi connectivity index (χ3n) is 4.69. The van der Waals surface area contributed by atoms with Crippen LogP contribution in [0, 0.1) is 0 Å². The maximum Gasteiger partial charge on any atom is 0.226 e. The van der Waals surface area contributed by atoms with Crippen LogP contribution in [-0.2, 0) is 14.3 Å². The molecule has 0 saturated carbocycles. The Labute approximate surface area is 137 Å². The summed E-state index contributed by atoms with van der Waals surface area (Å²) in [7, 11) is 0. The smallest absolute Gasteiger partial charge is 0.226 e. The highest BCUT2D eigenvalue weighted by atomic mass is 16.6. The molecule has 2 heterocycles. The van der Waals surface area contributed by atoms with Gasteiger partial charge in [0.25, 0.3) is 0 Å². The molecule has 5 nitrogen and oxygen atoms in total. The largest absolute Gasteiger partial charge is 0.493 e. The number of nitrogens with zero attached hydrogens (tertiary/aromatic N) is 1. The SMILES string of the molecule is C[C@@H]1CN(C(=O)CCOc2ccccc2)C[C@]2(CCO[C@@H]2C)O1. The molecule has 0 unspecified atom stereocenters. The van der Waals surface area contributed by atoms with Crippen molar-refractivity contribution in [2.24, 2.45) is 0 Å². The maximum atomic E-state index is 12.5. The van der Waals surface area contributed by atoms with Crippen molar-refractivity contribution >= 4 is 5.91 Å². The van der Waals surface area contributed by atoms with Crippen LogP contribution in [-0.4, -0.2) is 54.9 Å². The fourth-order valence-corrected chi connectivity index (χ4v) is 3.42. The zero-order chi connectivity index (χ0) is 16.3. The van der Waals surface area contributed by atoms with Crippen molar-refractivity contribution in [1.82, 2.24) is 4.90 Å². The molecule has 3 rings (SSSR count). The Balaban J connectivity index is 1.54. The van der Waals surface area contributed by atoms with Gasteiger partial charge in [0.2, 0.25) is 5.91 Å². The monoisotopic (exact) mass is 319 g/mol. The molecule has 5 heteroatoms. The lowest BCUT2D eigenvalue weighted by Gasteiger charge is -2.45. The van der Waals surface area contributed by atoms with Gasteiger partial charge in [0.05, 0.1) is 31.8 Å². The van der Waals surface area contributed by atoms with Crippen LogP contribution in [0.2, 0.25) is 0 Å². The molecule has 0 bridgehead atoms. The van der Waals surface area contributed by atoms with Crippen molar-refractivity contribution in [1.29, 1.82) is 0 Å². The molecule has 0 aromatic heterocycles. The number of ether oxygens (including phenoxy) is 3. The summed E-state index contributed by atoms with van der Waals surface area (Å²) in [6, 6.07) is 9.58. The van der Waals surface area contributed by atoms with Crippen LogP contribution >= 0.6 is 0 Å². The van der Waals surface area contributed by atoms with Crippen LogP contribution < -0.4 is 4.74 Å². The van der Waals surface area contributed by atoms with Crippen molar-refractivity contribution in [3.05, 3.63) is 30.3 Å². The van der Waals surface area contributed by atoms with E-state index in [0.29, 0.717) is 32.7 Å². The molecule has 2 saturated heterocycles. The number of para-hydroxylation sites is 1. The van der Waals surface area contributed by atoms with E-state index in [9.17, 15) is 4.79 Å². The molecule has 1 spiro atoms. The molecular weight excluding hydrogens is 294 g/mol. The Morgan fingerprint density at radius 2 is 2.13 bits per heavy atom. The van der Waals surface area contributed by atoms with Crippen LogP contribution in [0.1, 0.15) is 26.7 Å². The van der Waals surface area contributed by atoms with E-state index in [-0.39, 0.29) is 23.7 Å². The summed E-state index contributed by atoms with van der Waals surface area (Å²) in [4.78, 5) is 14.4. The summed E-state index contributed by atoms with van der Waals surface area (Å²) in [5, 5.41) is 0. The molecule has 0 aliphatic carbocycles. The van der Waals surface area contributed by atoms with Crippen LogP contribution in [0.4, 0.5) is 0 Å². The van der Waals surface area contributed by atoms with Gasteiger partial charge >= 0.3 is 0 Å². The molecular formula is C18H25NO4. The molecule has 1 aromatic rings. The van der Waals surface area contributed by atoms with Gasteiger partial charge in [-0.1, -0.05) is 18.2 Å². The number of carbonyl (C=O) groups is 1. The molecule has 0 radical (unpaired) electrons. The number of hydrogen-bond donors (Lipinski definition) is 0. The van der Waals surface area contributed by atoms with Gasteiger partial charge in [-0.15, -0.1) is 0 Å². The van der Waals surface area contributed by atoms with Crippen molar-refractivity contribution in [2.75, 3.05) is 26.3 Å². The summed E-state index contributed by atoms with van der Waals surface area (Å²) in [5.74, 6) is 0.916. The second kappa shape index (κ2) is 6.89. The lowest BCUT2D eigenvalue weighted by molar-refractivity contribution is -0.179. The number of morpholine rings is 1. The highest BCUT2D eigenvalue weighted by Crippen LogP contribution is 2.35. The minimum absolute atomic E-state index is 0.0288. The van der Waals surface area contributed by atoms with Gasteiger partial charge in [-0.3, -0.25) is 4.79 Å². The fourth-order valence-electron chi connectivity index (χ4n) is 3.42. The van der Waals surface area contributed by atoms with Crippen molar-refractivity contribution in [3.8, 4) is 5.75 Å². The van der Waals surface area contributed by atoms with Crippen LogP contribution in [0.3, 0.4) is 0 Å². The Morgan fingerprint density at radius 3 is 2.83 bits per heavy atom. The fraction of sp³-hybridized carbons (Fsp3) is 0.611. The van der Waals surface area contributed by atoms with E-state index in [1.54, 1.807) is 0 Å². The first kappa shape index (κ1) is 16.3. The van der Waals surface area contributed by atoms with Gasteiger partial charge in [0.15, 0.2) is 0 Å². The van der Waals surface area contributed by atoms with Crippen molar-refractivity contribution in [2.45, 2.75) is 44.5 Å². The van der Waals surface area contributed by atoms with Crippen LogP contribution in [0.5, 0.6) is 5.75 Å². The average molecular weight is 319 g/mol. The standard InChI is InChI=1S/C18H25NO4/c1-14-12-19(13-18(23-14)9-11-21-15(18)2)17(20)8-10-22-16-6-4-3-5-7-16/h3-7,14-15H,8-13H2,1-2H3/t14-,15-,18+/m1/s1. The number of hydrogen-bond acceptors (Lipinski definition) is 4. The maximum absolute atomic E-state index is 12.5. The zero-order valence-corrected chi connectivity index (χ0v) is 13.9. The Bertz CT molecular complexity index is 535. The van der Waals surface area contributed by atoms with Gasteiger partial charge in [-0.25, -0.2) is 0 Å². The molecule has 1 amide bonds. The second-order valence-electron chi connectivity index (χ2n) is 6.44. The van der Waals surface area contributed by atoms with E-state index in [1.807, 2.05) is 49.1 Å². The molecule has 2 aliphatic rings. The second-order valence-corrected chi connectivity index (χ2v) is 6.44. The van der Waals surface area contributed by atoms with E-state index in [4.69, 9.17) is 14.2 Å². The summed E-state index contributed by atoms with van der Waals surface area (Å²) >= 11 is 0. The lowest BCUT2D eigenvalue weighted by Crippen LogP contribution is -2.59. The third kappa shape index (κ3) is 3.67. The summed E-state index contributed by atoms with van der Waals surface area (Å²) in [6.07, 6.45) is 1.29. The molecule has 2 aliphatic heterocycles. The van der Waals surface area contributed by atoms with E-state index < -0.39 is 0 Å². The predicted octanol–water partition coefficient (Wildman–Crippen LogP) is 2.25. The molecule has 1 aromatic carbocycles. The molecule has 0 N–H and O–H groups in total. The zero-order valence-electron chi connectivity index (χ0n) is 13.9. The predicted molar refractivity (Wildman–Crippen MR) is 86.4 cm³/mol. The van der Waals surface area contributed by atoms with E-state index in [2.05, 4.69) is 0 Å². The normalized spacial score (nSPS) is 30.6. The number of benzene rings is 1.